The first-order valence-electron chi connectivity index (χ1n) is 15.1. The minimum absolute atomic E-state index is 0.118. The van der Waals surface area contributed by atoms with E-state index in [1.807, 2.05) is 48.5 Å². The molecule has 1 aromatic rings. The number of hydrogen-bond acceptors (Lipinski definition) is 7. The lowest BCUT2D eigenvalue weighted by Crippen LogP contribution is -2.61. The molecule has 46 heavy (non-hydrogen) atoms. The molecule has 13 nitrogen and oxygen atoms in total. The number of carbonyl (C=O) groups is 6. The van der Waals surface area contributed by atoms with Crippen LogP contribution in [-0.4, -0.2) is 94.1 Å². The molecule has 0 radical (unpaired) electrons. The molecule has 0 heterocycles. The van der Waals surface area contributed by atoms with Crippen LogP contribution in [0.1, 0.15) is 84.2 Å². The van der Waals surface area contributed by atoms with E-state index in [2.05, 4.69) is 16.0 Å². The molecular formula is C33H50N4O9. The van der Waals surface area contributed by atoms with Gasteiger partial charge in [0.1, 0.15) is 12.1 Å². The number of aromatic carboxylic acids is 1. The molecule has 0 saturated carbocycles. The highest BCUT2D eigenvalue weighted by molar-refractivity contribution is 5.96. The van der Waals surface area contributed by atoms with E-state index in [0.29, 0.717) is 0 Å². The fraction of sp³-hybridized carbons (Fsp3) is 0.576. The first kappa shape index (κ1) is 39.8. The van der Waals surface area contributed by atoms with Crippen LogP contribution in [0, 0.1) is 11.3 Å². The fourth-order valence-corrected chi connectivity index (χ4v) is 5.13. The van der Waals surface area contributed by atoms with Gasteiger partial charge in [0.05, 0.1) is 17.6 Å². The van der Waals surface area contributed by atoms with Gasteiger partial charge in [-0.15, -0.1) is 0 Å². The molecule has 3 amide bonds. The smallest absolute Gasteiger partial charge is 0.335 e. The van der Waals surface area contributed by atoms with Gasteiger partial charge in [0.2, 0.25) is 17.7 Å². The largest absolute Gasteiger partial charge is 0.481 e. The zero-order valence-corrected chi connectivity index (χ0v) is 28.4. The molecule has 13 heteroatoms. The maximum atomic E-state index is 14.0. The molecule has 0 saturated heterocycles. The van der Waals surface area contributed by atoms with Crippen molar-refractivity contribution in [3.05, 3.63) is 47.0 Å². The molecule has 0 aliphatic rings. The minimum Gasteiger partial charge on any atom is -0.481 e. The van der Waals surface area contributed by atoms with E-state index in [-0.39, 0.29) is 23.5 Å². The Morgan fingerprint density at radius 3 is 1.85 bits per heavy atom. The Morgan fingerprint density at radius 1 is 0.891 bits per heavy atom. The Balaban J connectivity index is 3.31. The molecular weight excluding hydrogens is 596 g/mol. The van der Waals surface area contributed by atoms with Crippen molar-refractivity contribution >= 4 is 35.6 Å². The third-order valence-electron chi connectivity index (χ3n) is 8.06. The maximum Gasteiger partial charge on any atom is 0.335 e. The summed E-state index contributed by atoms with van der Waals surface area (Å²) in [4.78, 5) is 75.9. The Kier molecular flexibility index (Phi) is 14.1. The lowest BCUT2D eigenvalue weighted by molar-refractivity contribution is -0.142. The number of nitrogens with one attached hydrogen (secondary N) is 3. The topological polar surface area (TPSA) is 202 Å². The van der Waals surface area contributed by atoms with Crippen molar-refractivity contribution in [3.63, 3.8) is 0 Å². The number of benzene rings is 1. The quantitative estimate of drug-likeness (QED) is 0.145. The summed E-state index contributed by atoms with van der Waals surface area (Å²) in [7, 11) is 3.19. The molecule has 1 aromatic carbocycles. The predicted octanol–water partition coefficient (Wildman–Crippen LogP) is 2.64. The summed E-state index contributed by atoms with van der Waals surface area (Å²) in [5, 5.41) is 35.9. The summed E-state index contributed by atoms with van der Waals surface area (Å²) in [5.41, 5.74) is -0.563. The van der Waals surface area contributed by atoms with E-state index in [4.69, 9.17) is 5.11 Å². The van der Waals surface area contributed by atoms with Gasteiger partial charge in [-0.2, -0.15) is 0 Å². The van der Waals surface area contributed by atoms with E-state index >= 15 is 0 Å². The van der Waals surface area contributed by atoms with Gasteiger partial charge in [-0.25, -0.2) is 9.59 Å². The summed E-state index contributed by atoms with van der Waals surface area (Å²) in [6.45, 7) is 14.3. The molecule has 0 spiro atoms. The van der Waals surface area contributed by atoms with Gasteiger partial charge in [-0.3, -0.25) is 19.2 Å². The standard InChI is InChI=1S/C33H50N4O9/c1-18(2)23(17-19(3)27(40)35-22(31(45)46)15-16-24(38)39)37(10)29(42)26(32(4,5)6)36-28(41)25(34-9)33(7,8)21-13-11-20(12-14-21)30(43)44/h11-14,17-18,22-23,25-26,34H,15-16H2,1-10H3,(H,35,40)(H,36,41)(H,38,39)(H,43,44)(H,45,46)/b19-17+/t22-,23-,25?,26-/m1/s1. The number of carbonyl (C=O) groups excluding carboxylic acids is 3. The van der Waals surface area contributed by atoms with Crippen LogP contribution in [0.2, 0.25) is 0 Å². The van der Waals surface area contributed by atoms with Crippen LogP contribution in [0.3, 0.4) is 0 Å². The first-order chi connectivity index (χ1) is 21.1. The molecule has 256 valence electrons. The van der Waals surface area contributed by atoms with Gasteiger partial charge in [0.25, 0.3) is 0 Å². The number of amides is 3. The maximum absolute atomic E-state index is 14.0. The Bertz CT molecular complexity index is 1310. The average molecular weight is 647 g/mol. The Labute approximate surface area is 270 Å². The van der Waals surface area contributed by atoms with E-state index < -0.39 is 77.0 Å². The first-order valence-corrected chi connectivity index (χ1v) is 15.1. The van der Waals surface area contributed by atoms with Crippen LogP contribution in [0.15, 0.2) is 35.9 Å². The van der Waals surface area contributed by atoms with Gasteiger partial charge >= 0.3 is 17.9 Å². The SMILES string of the molecule is CNC(C(=O)N[C@H](C(=O)N(C)[C@H](/C=C(\C)C(=O)N[C@H](CCC(=O)O)C(=O)O)C(C)C)C(C)(C)C)C(C)(C)c1ccc(C(=O)O)cc1. The number of rotatable bonds is 16. The van der Waals surface area contributed by atoms with Crippen LogP contribution in [-0.2, 0) is 29.4 Å². The average Bonchev–Trinajstić information content (AvgIpc) is 2.94. The van der Waals surface area contributed by atoms with Gasteiger partial charge in [-0.1, -0.05) is 66.7 Å². The second-order valence-electron chi connectivity index (χ2n) is 13.5. The summed E-state index contributed by atoms with van der Waals surface area (Å²) >= 11 is 0. The number of aliphatic carboxylic acids is 2. The highest BCUT2D eigenvalue weighted by atomic mass is 16.4. The molecule has 1 unspecified atom stereocenters. The second kappa shape index (κ2) is 16.3. The molecule has 0 bridgehead atoms. The summed E-state index contributed by atoms with van der Waals surface area (Å²) in [5.74, 6) is -5.36. The number of hydrogen-bond donors (Lipinski definition) is 6. The third-order valence-corrected chi connectivity index (χ3v) is 8.06. The van der Waals surface area contributed by atoms with Gasteiger partial charge in [-0.05, 0) is 49.4 Å². The zero-order valence-electron chi connectivity index (χ0n) is 28.4. The lowest BCUT2D eigenvalue weighted by Gasteiger charge is -2.40. The second-order valence-corrected chi connectivity index (χ2v) is 13.5. The highest BCUT2D eigenvalue weighted by Gasteiger charge is 2.41. The number of likely N-dealkylation sites (N-methyl/N-ethyl adjacent to an activating group) is 2. The summed E-state index contributed by atoms with van der Waals surface area (Å²) < 4.78 is 0. The third kappa shape index (κ3) is 10.7. The summed E-state index contributed by atoms with van der Waals surface area (Å²) in [6.07, 6.45) is 0.824. The van der Waals surface area contributed by atoms with E-state index in [1.165, 1.54) is 24.0 Å². The van der Waals surface area contributed by atoms with Crippen molar-refractivity contribution in [1.82, 2.24) is 20.9 Å². The van der Waals surface area contributed by atoms with Crippen LogP contribution in [0.5, 0.6) is 0 Å². The van der Waals surface area contributed by atoms with Gasteiger partial charge in [0.15, 0.2) is 0 Å². The zero-order chi connectivity index (χ0) is 35.7. The van der Waals surface area contributed by atoms with E-state index in [9.17, 15) is 39.0 Å². The molecule has 0 aliphatic carbocycles. The van der Waals surface area contributed by atoms with Crippen LogP contribution >= 0.6 is 0 Å². The van der Waals surface area contributed by atoms with Crippen molar-refractivity contribution in [1.29, 1.82) is 0 Å². The van der Waals surface area contributed by atoms with Crippen molar-refractivity contribution in [2.24, 2.45) is 11.3 Å². The number of nitrogens with zero attached hydrogens (tertiary/aromatic N) is 1. The molecule has 1 rings (SSSR count). The highest BCUT2D eigenvalue weighted by Crippen LogP contribution is 2.29. The molecule has 0 fully saturated rings. The van der Waals surface area contributed by atoms with Gasteiger partial charge < -0.3 is 36.2 Å². The van der Waals surface area contributed by atoms with Crippen LogP contribution in [0.4, 0.5) is 0 Å². The number of carboxylic acids is 3. The van der Waals surface area contributed by atoms with Gasteiger partial charge in [0, 0.05) is 24.5 Å². The summed E-state index contributed by atoms with van der Waals surface area (Å²) in [6, 6.07) is 2.45. The predicted molar refractivity (Wildman–Crippen MR) is 172 cm³/mol. The van der Waals surface area contributed by atoms with Crippen molar-refractivity contribution in [2.45, 2.75) is 97.8 Å². The van der Waals surface area contributed by atoms with Crippen LogP contribution < -0.4 is 16.0 Å². The molecule has 6 N–H and O–H groups in total. The van der Waals surface area contributed by atoms with E-state index in [1.54, 1.807) is 32.3 Å². The van der Waals surface area contributed by atoms with Crippen molar-refractivity contribution in [3.8, 4) is 0 Å². The molecule has 4 atom stereocenters. The monoisotopic (exact) mass is 646 g/mol. The van der Waals surface area contributed by atoms with Crippen molar-refractivity contribution in [2.75, 3.05) is 14.1 Å². The Morgan fingerprint density at radius 2 is 1.43 bits per heavy atom. The normalized spacial score (nSPS) is 14.9. The minimum atomic E-state index is -1.40. The molecule has 0 aromatic heterocycles. The molecule has 0 aliphatic heterocycles. The number of carboxylic acid groups (broad SMARTS) is 3. The van der Waals surface area contributed by atoms with Crippen LogP contribution in [0.25, 0.3) is 0 Å². The van der Waals surface area contributed by atoms with E-state index in [0.717, 1.165) is 5.56 Å². The van der Waals surface area contributed by atoms with Crippen molar-refractivity contribution < 1.29 is 44.1 Å². The fourth-order valence-electron chi connectivity index (χ4n) is 5.13. The Hall–Kier alpha value is -4.26. The lowest BCUT2D eigenvalue weighted by atomic mass is 9.76.